The summed E-state index contributed by atoms with van der Waals surface area (Å²) in [4.78, 5) is 35.2. The molecule has 0 aliphatic carbocycles. The van der Waals surface area contributed by atoms with Crippen molar-refractivity contribution in [3.63, 3.8) is 0 Å². The van der Waals surface area contributed by atoms with E-state index >= 15 is 0 Å². The molecule has 0 saturated heterocycles. The van der Waals surface area contributed by atoms with Crippen LogP contribution in [0.2, 0.25) is 0 Å². The first-order valence-corrected chi connectivity index (χ1v) is 7.45. The molecule has 0 aromatic heterocycles. The van der Waals surface area contributed by atoms with Gasteiger partial charge in [0.05, 0.1) is 0 Å². The van der Waals surface area contributed by atoms with Crippen LogP contribution < -0.4 is 16.4 Å². The Labute approximate surface area is 136 Å². The average Bonchev–Trinajstić information content (AvgIpc) is 2.50. The first kappa shape index (κ1) is 18.4. The van der Waals surface area contributed by atoms with E-state index in [-0.39, 0.29) is 5.91 Å². The SMILES string of the molecule is C=CCC[C@H](NC(=O)[C@H](Cc1ccccc1)NC(C)=O)C(N)=O. The Morgan fingerprint density at radius 1 is 1.17 bits per heavy atom. The van der Waals surface area contributed by atoms with E-state index < -0.39 is 23.9 Å². The number of benzene rings is 1. The molecule has 3 amide bonds. The van der Waals surface area contributed by atoms with Gasteiger partial charge in [0.1, 0.15) is 12.1 Å². The molecule has 0 aliphatic heterocycles. The van der Waals surface area contributed by atoms with E-state index in [0.29, 0.717) is 19.3 Å². The number of rotatable bonds is 9. The molecule has 0 bridgehead atoms. The Morgan fingerprint density at radius 2 is 1.83 bits per heavy atom. The quantitative estimate of drug-likeness (QED) is 0.583. The molecule has 23 heavy (non-hydrogen) atoms. The number of nitrogens with one attached hydrogen (secondary N) is 2. The summed E-state index contributed by atoms with van der Waals surface area (Å²) < 4.78 is 0. The molecule has 0 saturated carbocycles. The van der Waals surface area contributed by atoms with Crippen LogP contribution in [-0.2, 0) is 20.8 Å². The number of allylic oxidation sites excluding steroid dienone is 1. The fraction of sp³-hybridized carbons (Fsp3) is 0.353. The zero-order valence-electron chi connectivity index (χ0n) is 13.2. The van der Waals surface area contributed by atoms with Crippen LogP contribution in [0.15, 0.2) is 43.0 Å². The summed E-state index contributed by atoms with van der Waals surface area (Å²) in [5.74, 6) is -1.36. The molecule has 0 radical (unpaired) electrons. The number of amides is 3. The van der Waals surface area contributed by atoms with Gasteiger partial charge in [0.2, 0.25) is 17.7 Å². The molecule has 0 aliphatic rings. The van der Waals surface area contributed by atoms with Crippen molar-refractivity contribution in [2.24, 2.45) is 5.73 Å². The van der Waals surface area contributed by atoms with Gasteiger partial charge in [-0.05, 0) is 18.4 Å². The van der Waals surface area contributed by atoms with Crippen molar-refractivity contribution in [2.45, 2.75) is 38.3 Å². The van der Waals surface area contributed by atoms with Gasteiger partial charge in [0.15, 0.2) is 0 Å². The maximum atomic E-state index is 12.4. The first-order valence-electron chi connectivity index (χ1n) is 7.45. The van der Waals surface area contributed by atoms with Crippen molar-refractivity contribution in [1.82, 2.24) is 10.6 Å². The van der Waals surface area contributed by atoms with E-state index in [9.17, 15) is 14.4 Å². The highest BCUT2D eigenvalue weighted by atomic mass is 16.2. The van der Waals surface area contributed by atoms with Gasteiger partial charge in [-0.2, -0.15) is 0 Å². The third-order valence-corrected chi connectivity index (χ3v) is 3.30. The highest BCUT2D eigenvalue weighted by molar-refractivity contribution is 5.91. The number of carbonyl (C=O) groups is 3. The molecule has 0 heterocycles. The third-order valence-electron chi connectivity index (χ3n) is 3.30. The molecular weight excluding hydrogens is 294 g/mol. The summed E-state index contributed by atoms with van der Waals surface area (Å²) in [7, 11) is 0. The number of carbonyl (C=O) groups excluding carboxylic acids is 3. The van der Waals surface area contributed by atoms with Crippen LogP contribution in [0.25, 0.3) is 0 Å². The Kier molecular flexibility index (Phi) is 7.53. The number of hydrogen-bond donors (Lipinski definition) is 3. The van der Waals surface area contributed by atoms with Crippen LogP contribution in [0, 0.1) is 0 Å². The van der Waals surface area contributed by atoms with Crippen LogP contribution >= 0.6 is 0 Å². The normalized spacial score (nSPS) is 12.7. The predicted octanol–water partition coefficient (Wildman–Crippen LogP) is 0.670. The largest absolute Gasteiger partial charge is 0.368 e. The Bertz CT molecular complexity index is 557. The highest BCUT2D eigenvalue weighted by Gasteiger charge is 2.24. The lowest BCUT2D eigenvalue weighted by Crippen LogP contribution is -2.53. The predicted molar refractivity (Wildman–Crippen MR) is 88.3 cm³/mol. The van der Waals surface area contributed by atoms with Gasteiger partial charge in [-0.15, -0.1) is 6.58 Å². The van der Waals surface area contributed by atoms with E-state index in [0.717, 1.165) is 5.56 Å². The number of primary amides is 1. The summed E-state index contributed by atoms with van der Waals surface area (Å²) in [6, 6.07) is 7.77. The second kappa shape index (κ2) is 9.40. The molecule has 4 N–H and O–H groups in total. The minimum Gasteiger partial charge on any atom is -0.368 e. The maximum absolute atomic E-state index is 12.4. The maximum Gasteiger partial charge on any atom is 0.243 e. The van der Waals surface area contributed by atoms with Crippen molar-refractivity contribution in [3.05, 3.63) is 48.6 Å². The van der Waals surface area contributed by atoms with Gasteiger partial charge in [0.25, 0.3) is 0 Å². The minimum absolute atomic E-state index is 0.317. The molecule has 2 atom stereocenters. The number of nitrogens with two attached hydrogens (primary N) is 1. The standard InChI is InChI=1S/C17H23N3O3/c1-3-4-10-14(16(18)22)20-17(23)15(19-12(2)21)11-13-8-6-5-7-9-13/h3,5-9,14-15H,1,4,10-11H2,2H3,(H2,18,22)(H,19,21)(H,20,23)/t14-,15-/m0/s1. The lowest BCUT2D eigenvalue weighted by Gasteiger charge is -2.21. The molecule has 0 fully saturated rings. The van der Waals surface area contributed by atoms with E-state index in [1.807, 2.05) is 30.3 Å². The highest BCUT2D eigenvalue weighted by Crippen LogP contribution is 2.05. The van der Waals surface area contributed by atoms with E-state index in [4.69, 9.17) is 5.73 Å². The van der Waals surface area contributed by atoms with Crippen LogP contribution in [0.4, 0.5) is 0 Å². The fourth-order valence-corrected chi connectivity index (χ4v) is 2.15. The summed E-state index contributed by atoms with van der Waals surface area (Å²) in [6.07, 6.45) is 2.91. The van der Waals surface area contributed by atoms with Gasteiger partial charge in [-0.25, -0.2) is 0 Å². The lowest BCUT2D eigenvalue weighted by atomic mass is 10.0. The van der Waals surface area contributed by atoms with Crippen molar-refractivity contribution in [1.29, 1.82) is 0 Å². The average molecular weight is 317 g/mol. The first-order chi connectivity index (χ1) is 10.9. The minimum atomic E-state index is -0.785. The Hall–Kier alpha value is -2.63. The zero-order chi connectivity index (χ0) is 17.2. The van der Waals surface area contributed by atoms with Gasteiger partial charge >= 0.3 is 0 Å². The summed E-state index contributed by atoms with van der Waals surface area (Å²) in [5, 5.41) is 5.21. The van der Waals surface area contributed by atoms with Crippen LogP contribution in [0.3, 0.4) is 0 Å². The Balaban J connectivity index is 2.79. The fourth-order valence-electron chi connectivity index (χ4n) is 2.15. The molecular formula is C17H23N3O3. The molecule has 1 aromatic rings. The van der Waals surface area contributed by atoms with Crippen molar-refractivity contribution in [2.75, 3.05) is 0 Å². The van der Waals surface area contributed by atoms with Crippen molar-refractivity contribution >= 4 is 17.7 Å². The molecule has 6 heteroatoms. The molecule has 1 rings (SSSR count). The van der Waals surface area contributed by atoms with Crippen LogP contribution in [-0.4, -0.2) is 29.8 Å². The second-order valence-corrected chi connectivity index (χ2v) is 5.27. The smallest absolute Gasteiger partial charge is 0.243 e. The van der Waals surface area contributed by atoms with Gasteiger partial charge in [0, 0.05) is 13.3 Å². The van der Waals surface area contributed by atoms with Gasteiger partial charge in [-0.1, -0.05) is 36.4 Å². The monoisotopic (exact) mass is 317 g/mol. The van der Waals surface area contributed by atoms with E-state index in [1.165, 1.54) is 6.92 Å². The molecule has 0 spiro atoms. The topological polar surface area (TPSA) is 101 Å². The molecule has 6 nitrogen and oxygen atoms in total. The molecule has 0 unspecified atom stereocenters. The van der Waals surface area contributed by atoms with Gasteiger partial charge in [-0.3, -0.25) is 14.4 Å². The van der Waals surface area contributed by atoms with E-state index in [1.54, 1.807) is 6.08 Å². The van der Waals surface area contributed by atoms with Crippen LogP contribution in [0.5, 0.6) is 0 Å². The third kappa shape index (κ3) is 6.78. The molecule has 1 aromatic carbocycles. The summed E-state index contributed by atoms with van der Waals surface area (Å²) in [5.41, 5.74) is 6.21. The van der Waals surface area contributed by atoms with Crippen LogP contribution in [0.1, 0.15) is 25.3 Å². The summed E-state index contributed by atoms with van der Waals surface area (Å²) in [6.45, 7) is 4.92. The zero-order valence-corrected chi connectivity index (χ0v) is 13.2. The lowest BCUT2D eigenvalue weighted by molar-refractivity contribution is -0.130. The molecule has 124 valence electrons. The van der Waals surface area contributed by atoms with Gasteiger partial charge < -0.3 is 16.4 Å². The van der Waals surface area contributed by atoms with E-state index in [2.05, 4.69) is 17.2 Å². The Morgan fingerprint density at radius 3 is 2.35 bits per heavy atom. The van der Waals surface area contributed by atoms with Crippen molar-refractivity contribution < 1.29 is 14.4 Å². The summed E-state index contributed by atoms with van der Waals surface area (Å²) >= 11 is 0. The van der Waals surface area contributed by atoms with Crippen molar-refractivity contribution in [3.8, 4) is 0 Å². The number of hydrogen-bond acceptors (Lipinski definition) is 3. The second-order valence-electron chi connectivity index (χ2n) is 5.27.